The molecule has 3 heteroatoms. The van der Waals surface area contributed by atoms with Gasteiger partial charge in [-0.2, -0.15) is 0 Å². The first-order valence-corrected chi connectivity index (χ1v) is 6.98. The van der Waals surface area contributed by atoms with Crippen LogP contribution in [0.5, 0.6) is 0 Å². The van der Waals surface area contributed by atoms with Gasteiger partial charge in [-0.15, -0.1) is 0 Å². The third-order valence-corrected chi connectivity index (χ3v) is 3.79. The normalized spacial score (nSPS) is 21.9. The molecule has 1 unspecified atom stereocenters. The zero-order valence-electron chi connectivity index (χ0n) is 11.3. The Bertz CT molecular complexity index is 163. The summed E-state index contributed by atoms with van der Waals surface area (Å²) in [4.78, 5) is 5.16. The van der Waals surface area contributed by atoms with Crippen molar-refractivity contribution in [1.82, 2.24) is 15.1 Å². The summed E-state index contributed by atoms with van der Waals surface area (Å²) in [6, 6.07) is 0.773. The molecule has 1 saturated heterocycles. The summed E-state index contributed by atoms with van der Waals surface area (Å²) in [5, 5.41) is 3.51. The molecule has 1 heterocycles. The fraction of sp³-hybridized carbons (Fsp3) is 1.00. The first kappa shape index (κ1) is 13.9. The summed E-state index contributed by atoms with van der Waals surface area (Å²) in [7, 11) is 0. The van der Waals surface area contributed by atoms with Crippen LogP contribution in [-0.2, 0) is 0 Å². The maximum atomic E-state index is 3.51. The van der Waals surface area contributed by atoms with Crippen LogP contribution in [0.3, 0.4) is 0 Å². The molecule has 0 bridgehead atoms. The number of nitrogens with one attached hydrogen (secondary N) is 1. The summed E-state index contributed by atoms with van der Waals surface area (Å²) in [6.07, 6.45) is 2.71. The second-order valence-corrected chi connectivity index (χ2v) is 4.66. The van der Waals surface area contributed by atoms with Crippen LogP contribution in [0.4, 0.5) is 0 Å². The highest BCUT2D eigenvalue weighted by molar-refractivity contribution is 4.78. The molecule has 1 fully saturated rings. The third-order valence-electron chi connectivity index (χ3n) is 3.79. The molecule has 1 rings (SSSR count). The predicted molar refractivity (Wildman–Crippen MR) is 70.9 cm³/mol. The van der Waals surface area contributed by atoms with Crippen LogP contribution in [0.1, 0.15) is 33.6 Å². The molecule has 16 heavy (non-hydrogen) atoms. The van der Waals surface area contributed by atoms with Crippen molar-refractivity contribution < 1.29 is 0 Å². The van der Waals surface area contributed by atoms with Gasteiger partial charge in [0.2, 0.25) is 0 Å². The fourth-order valence-corrected chi connectivity index (χ4v) is 2.55. The maximum Gasteiger partial charge on any atom is 0.0221 e. The number of hydrogen-bond acceptors (Lipinski definition) is 3. The van der Waals surface area contributed by atoms with E-state index in [9.17, 15) is 0 Å². The second-order valence-electron chi connectivity index (χ2n) is 4.66. The smallest absolute Gasteiger partial charge is 0.0221 e. The van der Waals surface area contributed by atoms with Crippen LogP contribution >= 0.6 is 0 Å². The minimum Gasteiger partial charge on any atom is -0.315 e. The summed E-state index contributed by atoms with van der Waals surface area (Å²) >= 11 is 0. The van der Waals surface area contributed by atoms with Crippen molar-refractivity contribution in [2.45, 2.75) is 39.7 Å². The van der Waals surface area contributed by atoms with Crippen molar-refractivity contribution >= 4 is 0 Å². The molecule has 0 aromatic rings. The zero-order chi connectivity index (χ0) is 11.8. The van der Waals surface area contributed by atoms with Crippen LogP contribution in [0.2, 0.25) is 0 Å². The lowest BCUT2D eigenvalue weighted by atomic mass is 10.1. The fourth-order valence-electron chi connectivity index (χ4n) is 2.55. The van der Waals surface area contributed by atoms with Gasteiger partial charge in [-0.3, -0.25) is 4.90 Å². The Morgan fingerprint density at radius 3 is 2.31 bits per heavy atom. The van der Waals surface area contributed by atoms with E-state index in [4.69, 9.17) is 0 Å². The van der Waals surface area contributed by atoms with Gasteiger partial charge in [0.1, 0.15) is 0 Å². The lowest BCUT2D eigenvalue weighted by Crippen LogP contribution is -2.48. The molecule has 0 aromatic heterocycles. The van der Waals surface area contributed by atoms with E-state index in [2.05, 4.69) is 35.9 Å². The van der Waals surface area contributed by atoms with Gasteiger partial charge in [-0.1, -0.05) is 20.8 Å². The van der Waals surface area contributed by atoms with Gasteiger partial charge in [-0.05, 0) is 39.0 Å². The van der Waals surface area contributed by atoms with E-state index in [0.29, 0.717) is 0 Å². The molecule has 0 spiro atoms. The van der Waals surface area contributed by atoms with Crippen LogP contribution in [0.25, 0.3) is 0 Å². The highest BCUT2D eigenvalue weighted by Gasteiger charge is 2.19. The predicted octanol–water partition coefficient (Wildman–Crippen LogP) is 1.40. The average Bonchev–Trinajstić information content (AvgIpc) is 2.36. The van der Waals surface area contributed by atoms with Gasteiger partial charge in [0, 0.05) is 25.7 Å². The molecule has 0 aliphatic carbocycles. The highest BCUT2D eigenvalue weighted by atomic mass is 15.2. The van der Waals surface area contributed by atoms with E-state index in [1.807, 2.05) is 0 Å². The molecule has 1 atom stereocenters. The quantitative estimate of drug-likeness (QED) is 0.709. The van der Waals surface area contributed by atoms with Gasteiger partial charge < -0.3 is 10.2 Å². The van der Waals surface area contributed by atoms with Gasteiger partial charge in [-0.25, -0.2) is 0 Å². The van der Waals surface area contributed by atoms with E-state index < -0.39 is 0 Å². The van der Waals surface area contributed by atoms with Crippen molar-refractivity contribution in [2.75, 3.05) is 45.8 Å². The molecule has 0 saturated carbocycles. The Morgan fingerprint density at radius 2 is 1.81 bits per heavy atom. The molecule has 1 aliphatic heterocycles. The Labute approximate surface area is 101 Å². The lowest BCUT2D eigenvalue weighted by Gasteiger charge is -2.35. The lowest BCUT2D eigenvalue weighted by molar-refractivity contribution is 0.150. The molecule has 0 radical (unpaired) electrons. The Kier molecular flexibility index (Phi) is 7.01. The zero-order valence-corrected chi connectivity index (χ0v) is 11.3. The van der Waals surface area contributed by atoms with Crippen LogP contribution in [0.15, 0.2) is 0 Å². The largest absolute Gasteiger partial charge is 0.315 e. The standard InChI is InChI=1S/C13H29N3/c1-4-15(5-2)10-11-16(6-3)13-8-7-9-14-12-13/h13-14H,4-12H2,1-3H3. The summed E-state index contributed by atoms with van der Waals surface area (Å²) in [6.45, 7) is 15.2. The number of nitrogens with zero attached hydrogens (tertiary/aromatic N) is 2. The molecule has 1 N–H and O–H groups in total. The van der Waals surface area contributed by atoms with Gasteiger partial charge >= 0.3 is 0 Å². The number of hydrogen-bond donors (Lipinski definition) is 1. The molecule has 3 nitrogen and oxygen atoms in total. The average molecular weight is 227 g/mol. The van der Waals surface area contributed by atoms with Gasteiger partial charge in [0.05, 0.1) is 0 Å². The van der Waals surface area contributed by atoms with Crippen molar-refractivity contribution in [1.29, 1.82) is 0 Å². The Hall–Kier alpha value is -0.120. The van der Waals surface area contributed by atoms with E-state index in [-0.39, 0.29) is 0 Å². The Morgan fingerprint density at radius 1 is 1.06 bits per heavy atom. The van der Waals surface area contributed by atoms with Crippen molar-refractivity contribution in [3.8, 4) is 0 Å². The van der Waals surface area contributed by atoms with E-state index in [0.717, 1.165) is 6.04 Å². The summed E-state index contributed by atoms with van der Waals surface area (Å²) in [5.41, 5.74) is 0. The first-order valence-electron chi connectivity index (χ1n) is 6.98. The minimum absolute atomic E-state index is 0.773. The van der Waals surface area contributed by atoms with Crippen LogP contribution in [0, 0.1) is 0 Å². The third kappa shape index (κ3) is 4.40. The molecular weight excluding hydrogens is 198 g/mol. The van der Waals surface area contributed by atoms with Crippen molar-refractivity contribution in [3.63, 3.8) is 0 Å². The van der Waals surface area contributed by atoms with E-state index >= 15 is 0 Å². The number of rotatable bonds is 7. The van der Waals surface area contributed by atoms with E-state index in [1.54, 1.807) is 0 Å². The number of likely N-dealkylation sites (N-methyl/N-ethyl adjacent to an activating group) is 2. The Balaban J connectivity index is 2.29. The van der Waals surface area contributed by atoms with Crippen LogP contribution in [-0.4, -0.2) is 61.7 Å². The molecule has 0 aromatic carbocycles. The minimum atomic E-state index is 0.773. The maximum absolute atomic E-state index is 3.51. The molecule has 1 aliphatic rings. The second kappa shape index (κ2) is 8.04. The molecule has 96 valence electrons. The van der Waals surface area contributed by atoms with Gasteiger partial charge in [0.25, 0.3) is 0 Å². The monoisotopic (exact) mass is 227 g/mol. The van der Waals surface area contributed by atoms with E-state index in [1.165, 1.54) is 58.7 Å². The first-order chi connectivity index (χ1) is 7.81. The van der Waals surface area contributed by atoms with Gasteiger partial charge in [0.15, 0.2) is 0 Å². The topological polar surface area (TPSA) is 18.5 Å². The van der Waals surface area contributed by atoms with Crippen molar-refractivity contribution in [3.05, 3.63) is 0 Å². The highest BCUT2D eigenvalue weighted by Crippen LogP contribution is 2.09. The van der Waals surface area contributed by atoms with Crippen LogP contribution < -0.4 is 5.32 Å². The van der Waals surface area contributed by atoms with Crippen molar-refractivity contribution in [2.24, 2.45) is 0 Å². The number of piperidine rings is 1. The molecule has 0 amide bonds. The molecular formula is C13H29N3. The summed E-state index contributed by atoms with van der Waals surface area (Å²) in [5.74, 6) is 0. The summed E-state index contributed by atoms with van der Waals surface area (Å²) < 4.78 is 0. The SMILES string of the molecule is CCN(CC)CCN(CC)C1CCCNC1.